The van der Waals surface area contributed by atoms with Crippen LogP contribution in [-0.4, -0.2) is 24.3 Å². The third-order valence-electron chi connectivity index (χ3n) is 2.98. The van der Waals surface area contributed by atoms with Gasteiger partial charge in [0.15, 0.2) is 11.1 Å². The van der Waals surface area contributed by atoms with E-state index in [1.807, 2.05) is 0 Å². The van der Waals surface area contributed by atoms with E-state index in [2.05, 4.69) is 4.72 Å². The maximum Gasteiger partial charge on any atom is 0.240 e. The molecule has 2 aromatic rings. The Morgan fingerprint density at radius 2 is 1.77 bits per heavy atom. The van der Waals surface area contributed by atoms with Crippen LogP contribution in [0.1, 0.15) is 5.56 Å². The van der Waals surface area contributed by atoms with E-state index < -0.39 is 21.1 Å². The minimum atomic E-state index is -3.71. The number of hydrogen-bond donors (Lipinski definition) is 2. The van der Waals surface area contributed by atoms with E-state index in [9.17, 15) is 12.6 Å². The minimum absolute atomic E-state index is 0.0246. The van der Waals surface area contributed by atoms with Crippen molar-refractivity contribution in [3.05, 3.63) is 54.1 Å². The monoisotopic (exact) mass is 341 g/mol. The molecule has 2 N–H and O–H groups in total. The van der Waals surface area contributed by atoms with Gasteiger partial charge in [-0.1, -0.05) is 18.2 Å². The third-order valence-corrected chi connectivity index (χ3v) is 5.07. The molecule has 0 bridgehead atoms. The van der Waals surface area contributed by atoms with E-state index in [4.69, 9.17) is 9.29 Å². The molecule has 118 valence electrons. The van der Waals surface area contributed by atoms with Gasteiger partial charge in [0.2, 0.25) is 10.0 Å². The molecule has 0 amide bonds. The Morgan fingerprint density at radius 3 is 2.36 bits per heavy atom. The Hall–Kier alpha value is -1.74. The molecule has 6 nitrogen and oxygen atoms in total. The van der Waals surface area contributed by atoms with Gasteiger partial charge in [0.05, 0.1) is 16.9 Å². The van der Waals surface area contributed by atoms with Gasteiger partial charge in [-0.15, -0.1) is 0 Å². The lowest BCUT2D eigenvalue weighted by Gasteiger charge is -2.10. The van der Waals surface area contributed by atoms with Crippen molar-refractivity contribution in [3.63, 3.8) is 0 Å². The van der Waals surface area contributed by atoms with Gasteiger partial charge < -0.3 is 9.29 Å². The average Bonchev–Trinajstić information content (AvgIpc) is 2.53. The van der Waals surface area contributed by atoms with Gasteiger partial charge in [0.1, 0.15) is 5.75 Å². The second-order valence-electron chi connectivity index (χ2n) is 4.36. The number of benzene rings is 2. The van der Waals surface area contributed by atoms with Crippen molar-refractivity contribution >= 4 is 21.1 Å². The Bertz CT molecular complexity index is 772. The first-order valence-corrected chi connectivity index (χ1v) is 8.85. The van der Waals surface area contributed by atoms with Crippen LogP contribution < -0.4 is 9.46 Å². The number of nitrogens with one attached hydrogen (secondary N) is 1. The summed E-state index contributed by atoms with van der Waals surface area (Å²) in [5.74, 6) is 0.594. The number of ether oxygens (including phenoxy) is 1. The quantitative estimate of drug-likeness (QED) is 0.781. The van der Waals surface area contributed by atoms with Crippen molar-refractivity contribution in [2.75, 3.05) is 7.11 Å². The first-order chi connectivity index (χ1) is 10.4. The van der Waals surface area contributed by atoms with Crippen LogP contribution in [0.4, 0.5) is 0 Å². The molecule has 0 aliphatic rings. The van der Waals surface area contributed by atoms with Gasteiger partial charge in [0, 0.05) is 12.1 Å². The molecule has 2 aromatic carbocycles. The van der Waals surface area contributed by atoms with E-state index in [-0.39, 0.29) is 16.3 Å². The lowest BCUT2D eigenvalue weighted by atomic mass is 10.2. The minimum Gasteiger partial charge on any atom is -0.496 e. The van der Waals surface area contributed by atoms with Crippen LogP contribution in [0.3, 0.4) is 0 Å². The molecule has 8 heteroatoms. The van der Waals surface area contributed by atoms with Crippen molar-refractivity contribution in [3.8, 4) is 5.75 Å². The first kappa shape index (κ1) is 16.6. The van der Waals surface area contributed by atoms with Crippen LogP contribution in [0.2, 0.25) is 0 Å². The van der Waals surface area contributed by atoms with Crippen molar-refractivity contribution in [2.45, 2.75) is 16.3 Å². The molecule has 1 atom stereocenters. The molecule has 0 heterocycles. The van der Waals surface area contributed by atoms with E-state index >= 15 is 0 Å². The highest BCUT2D eigenvalue weighted by molar-refractivity contribution is 7.89. The van der Waals surface area contributed by atoms with Gasteiger partial charge in [0.25, 0.3) is 0 Å². The molecule has 0 radical (unpaired) electrons. The van der Waals surface area contributed by atoms with Crippen LogP contribution in [0.25, 0.3) is 0 Å². The normalized spacial score (nSPS) is 12.8. The first-order valence-electron chi connectivity index (χ1n) is 6.26. The highest BCUT2D eigenvalue weighted by atomic mass is 32.2. The second kappa shape index (κ2) is 7.01. The van der Waals surface area contributed by atoms with Crippen molar-refractivity contribution < 1.29 is 21.9 Å². The number of rotatable bonds is 6. The number of para-hydroxylation sites is 1. The Labute approximate surface area is 131 Å². The molecule has 0 saturated carbocycles. The molecule has 0 saturated heterocycles. The number of methoxy groups -OCH3 is 1. The molecule has 0 aliphatic carbocycles. The Morgan fingerprint density at radius 1 is 1.14 bits per heavy atom. The standard InChI is InChI=1S/C14H15NO5S2/c1-20-14-5-3-2-4-11(14)10-15-22(18,19)13-8-6-12(7-9-13)21(16)17/h2-9,15H,10H2,1H3,(H,16,17). The van der Waals surface area contributed by atoms with Crippen molar-refractivity contribution in [1.29, 1.82) is 0 Å². The van der Waals surface area contributed by atoms with Crippen LogP contribution >= 0.6 is 0 Å². The fourth-order valence-corrected chi connectivity index (χ4v) is 3.22. The zero-order valence-corrected chi connectivity index (χ0v) is 13.4. The average molecular weight is 341 g/mol. The zero-order valence-electron chi connectivity index (χ0n) is 11.7. The zero-order chi connectivity index (χ0) is 16.2. The lowest BCUT2D eigenvalue weighted by molar-refractivity contribution is 0.409. The number of hydrogen-bond acceptors (Lipinski definition) is 4. The molecule has 0 fully saturated rings. The van der Waals surface area contributed by atoms with Crippen LogP contribution in [0, 0.1) is 0 Å². The maximum atomic E-state index is 12.2. The summed E-state index contributed by atoms with van der Waals surface area (Å²) < 4.78 is 51.8. The molecular weight excluding hydrogens is 326 g/mol. The van der Waals surface area contributed by atoms with Crippen molar-refractivity contribution in [1.82, 2.24) is 4.72 Å². The van der Waals surface area contributed by atoms with Crippen LogP contribution in [-0.2, 0) is 27.6 Å². The molecular formula is C14H15NO5S2. The summed E-state index contributed by atoms with van der Waals surface area (Å²) in [5, 5.41) is 0. The number of sulfonamides is 1. The Balaban J connectivity index is 2.15. The fraction of sp³-hybridized carbons (Fsp3) is 0.143. The van der Waals surface area contributed by atoms with Crippen LogP contribution in [0.15, 0.2) is 58.3 Å². The maximum absolute atomic E-state index is 12.2. The van der Waals surface area contributed by atoms with E-state index in [0.717, 1.165) is 0 Å². The summed E-state index contributed by atoms with van der Waals surface area (Å²) in [4.78, 5) is 0.167. The van der Waals surface area contributed by atoms with Gasteiger partial charge >= 0.3 is 0 Å². The summed E-state index contributed by atoms with van der Waals surface area (Å²) in [5.41, 5.74) is 0.710. The smallest absolute Gasteiger partial charge is 0.240 e. The van der Waals surface area contributed by atoms with E-state index in [0.29, 0.717) is 11.3 Å². The van der Waals surface area contributed by atoms with Gasteiger partial charge in [-0.25, -0.2) is 17.3 Å². The van der Waals surface area contributed by atoms with E-state index in [1.165, 1.54) is 31.4 Å². The summed E-state index contributed by atoms with van der Waals surface area (Å²) in [7, 11) is -2.20. The lowest BCUT2D eigenvalue weighted by Crippen LogP contribution is -2.23. The van der Waals surface area contributed by atoms with Gasteiger partial charge in [-0.3, -0.25) is 0 Å². The summed E-state index contributed by atoms with van der Waals surface area (Å²) in [6, 6.07) is 12.3. The molecule has 22 heavy (non-hydrogen) atoms. The predicted octanol–water partition coefficient (Wildman–Crippen LogP) is 1.75. The summed E-state index contributed by atoms with van der Waals surface area (Å²) in [6.07, 6.45) is 0. The topological polar surface area (TPSA) is 92.7 Å². The van der Waals surface area contributed by atoms with Crippen molar-refractivity contribution in [2.24, 2.45) is 0 Å². The van der Waals surface area contributed by atoms with E-state index in [1.54, 1.807) is 24.3 Å². The van der Waals surface area contributed by atoms with Crippen LogP contribution in [0.5, 0.6) is 5.75 Å². The summed E-state index contributed by atoms with van der Waals surface area (Å²) >= 11 is -2.13. The molecule has 0 aliphatic heterocycles. The largest absolute Gasteiger partial charge is 0.496 e. The van der Waals surface area contributed by atoms with Gasteiger partial charge in [-0.05, 0) is 30.3 Å². The fourth-order valence-electron chi connectivity index (χ4n) is 1.84. The molecule has 0 aromatic heterocycles. The highest BCUT2D eigenvalue weighted by Crippen LogP contribution is 2.18. The third kappa shape index (κ3) is 3.92. The molecule has 1 unspecified atom stereocenters. The van der Waals surface area contributed by atoms with Gasteiger partial charge in [-0.2, -0.15) is 0 Å². The molecule has 2 rings (SSSR count). The SMILES string of the molecule is COc1ccccc1CNS(=O)(=O)c1ccc(S(=O)O)cc1. The highest BCUT2D eigenvalue weighted by Gasteiger charge is 2.15. The summed E-state index contributed by atoms with van der Waals surface area (Å²) in [6.45, 7) is 0.0834. The Kier molecular flexibility index (Phi) is 5.30. The predicted molar refractivity (Wildman–Crippen MR) is 82.5 cm³/mol. The second-order valence-corrected chi connectivity index (χ2v) is 7.09. The molecule has 0 spiro atoms.